The summed E-state index contributed by atoms with van der Waals surface area (Å²) in [6.45, 7) is 0. The summed E-state index contributed by atoms with van der Waals surface area (Å²) in [5.41, 5.74) is 13.0. The fourth-order valence-electron chi connectivity index (χ4n) is 7.59. The molecular formula is C46H28N4O2. The summed E-state index contributed by atoms with van der Waals surface area (Å²) in [4.78, 5) is 12.6. The minimum absolute atomic E-state index is 0.696. The SMILES string of the molecule is c1ccc(N2c3ccccc3Oc3cc(-c4ccc5oc6ccc(-c7ccc8c9ccccc9n(-c9ccccc9)c8c7)nc6c5n4)ccc32)cc1. The van der Waals surface area contributed by atoms with Gasteiger partial charge in [-0.1, -0.05) is 84.9 Å². The number of furan rings is 1. The van der Waals surface area contributed by atoms with E-state index in [1.165, 1.54) is 16.3 Å². The first-order valence-corrected chi connectivity index (χ1v) is 17.3. The van der Waals surface area contributed by atoms with Gasteiger partial charge < -0.3 is 18.6 Å². The van der Waals surface area contributed by atoms with Crippen LogP contribution in [0.25, 0.3) is 72.2 Å². The van der Waals surface area contributed by atoms with Crippen LogP contribution in [0, 0.1) is 0 Å². The monoisotopic (exact) mass is 668 g/mol. The molecule has 6 nitrogen and oxygen atoms in total. The van der Waals surface area contributed by atoms with Crippen LogP contribution < -0.4 is 9.64 Å². The zero-order chi connectivity index (χ0) is 34.2. The Hall–Kier alpha value is -7.18. The van der Waals surface area contributed by atoms with Crippen LogP contribution in [0.2, 0.25) is 0 Å². The molecule has 0 radical (unpaired) electrons. The minimum atomic E-state index is 0.696. The maximum absolute atomic E-state index is 6.48. The van der Waals surface area contributed by atoms with Crippen LogP contribution in [0.1, 0.15) is 0 Å². The Morgan fingerprint density at radius 2 is 1.02 bits per heavy atom. The third-order valence-electron chi connectivity index (χ3n) is 9.98. The quantitative estimate of drug-likeness (QED) is 0.187. The second-order valence-electron chi connectivity index (χ2n) is 13.0. The summed E-state index contributed by atoms with van der Waals surface area (Å²) in [6, 6.07) is 58.4. The molecular weight excluding hydrogens is 641 g/mol. The van der Waals surface area contributed by atoms with Gasteiger partial charge in [0.05, 0.1) is 33.8 Å². The van der Waals surface area contributed by atoms with Crippen molar-refractivity contribution in [3.8, 4) is 39.7 Å². The molecule has 52 heavy (non-hydrogen) atoms. The second kappa shape index (κ2) is 11.2. The van der Waals surface area contributed by atoms with Crippen molar-refractivity contribution < 1.29 is 9.15 Å². The molecule has 5 heterocycles. The van der Waals surface area contributed by atoms with E-state index in [0.29, 0.717) is 11.2 Å². The lowest BCUT2D eigenvalue weighted by Crippen LogP contribution is -2.15. The summed E-state index contributed by atoms with van der Waals surface area (Å²) in [5, 5.41) is 2.42. The number of anilines is 3. The predicted molar refractivity (Wildman–Crippen MR) is 209 cm³/mol. The number of benzene rings is 6. The molecule has 6 aromatic carbocycles. The van der Waals surface area contributed by atoms with Crippen molar-refractivity contribution in [1.29, 1.82) is 0 Å². The van der Waals surface area contributed by atoms with E-state index in [4.69, 9.17) is 19.1 Å². The lowest BCUT2D eigenvalue weighted by atomic mass is 10.1. The Balaban J connectivity index is 1.02. The maximum Gasteiger partial charge on any atom is 0.155 e. The molecule has 6 heteroatoms. The maximum atomic E-state index is 6.48. The van der Waals surface area contributed by atoms with Gasteiger partial charge in [-0.3, -0.25) is 0 Å². The smallest absolute Gasteiger partial charge is 0.155 e. The molecule has 1 aliphatic rings. The van der Waals surface area contributed by atoms with E-state index in [9.17, 15) is 0 Å². The van der Waals surface area contributed by atoms with Gasteiger partial charge in [0.25, 0.3) is 0 Å². The molecule has 0 unspecified atom stereocenters. The van der Waals surface area contributed by atoms with E-state index in [1.807, 2.05) is 48.5 Å². The van der Waals surface area contributed by atoms with Crippen LogP contribution in [0.4, 0.5) is 17.1 Å². The fourth-order valence-corrected chi connectivity index (χ4v) is 7.59. The lowest BCUT2D eigenvalue weighted by Gasteiger charge is -2.33. The molecule has 11 rings (SSSR count). The highest BCUT2D eigenvalue weighted by molar-refractivity contribution is 6.10. The van der Waals surface area contributed by atoms with Crippen LogP contribution >= 0.6 is 0 Å². The largest absolute Gasteiger partial charge is 0.453 e. The van der Waals surface area contributed by atoms with E-state index >= 15 is 0 Å². The van der Waals surface area contributed by atoms with Crippen molar-refractivity contribution in [2.45, 2.75) is 0 Å². The van der Waals surface area contributed by atoms with Crippen LogP contribution in [-0.2, 0) is 0 Å². The standard InChI is InChI=1S/C46H28N4O2/c1-3-11-31(12-4-1)49-37-16-8-7-15-33(37)34-21-19-29(27-40(34)49)35-22-25-42-45(47-35)46-43(52-42)26-23-36(48-46)30-20-24-39-44(28-30)51-41-18-10-9-17-38(41)50(39)32-13-5-2-6-14-32/h1-28H. The average Bonchev–Trinajstić information content (AvgIpc) is 3.75. The zero-order valence-corrected chi connectivity index (χ0v) is 27.8. The van der Waals surface area contributed by atoms with Crippen molar-refractivity contribution in [3.63, 3.8) is 0 Å². The molecule has 0 spiro atoms. The summed E-state index contributed by atoms with van der Waals surface area (Å²) in [7, 11) is 0. The van der Waals surface area contributed by atoms with Gasteiger partial charge in [0, 0.05) is 33.3 Å². The van der Waals surface area contributed by atoms with Crippen LogP contribution in [-0.4, -0.2) is 14.5 Å². The molecule has 1 aliphatic heterocycles. The van der Waals surface area contributed by atoms with Gasteiger partial charge in [0.2, 0.25) is 0 Å². The number of hydrogen-bond acceptors (Lipinski definition) is 5. The number of para-hydroxylation sites is 5. The number of pyridine rings is 2. The van der Waals surface area contributed by atoms with Gasteiger partial charge in [-0.25, -0.2) is 9.97 Å². The number of fused-ring (bicyclic) bond motifs is 8. The van der Waals surface area contributed by atoms with Crippen molar-refractivity contribution in [2.24, 2.45) is 0 Å². The molecule has 0 N–H and O–H groups in total. The molecule has 0 saturated heterocycles. The third-order valence-corrected chi connectivity index (χ3v) is 9.98. The molecule has 0 saturated carbocycles. The average molecular weight is 669 g/mol. The molecule has 10 aromatic rings. The summed E-state index contributed by atoms with van der Waals surface area (Å²) in [5.74, 6) is 1.57. The van der Waals surface area contributed by atoms with Gasteiger partial charge in [0.1, 0.15) is 11.0 Å². The molecule has 4 aromatic heterocycles. The topological polar surface area (TPSA) is 56.3 Å². The van der Waals surface area contributed by atoms with E-state index in [-0.39, 0.29) is 0 Å². The van der Waals surface area contributed by atoms with Gasteiger partial charge in [0.15, 0.2) is 22.7 Å². The lowest BCUT2D eigenvalue weighted by molar-refractivity contribution is 0.477. The Morgan fingerprint density at radius 1 is 0.423 bits per heavy atom. The first-order chi connectivity index (χ1) is 25.8. The predicted octanol–water partition coefficient (Wildman–Crippen LogP) is 12.4. The number of rotatable bonds is 4. The van der Waals surface area contributed by atoms with E-state index < -0.39 is 0 Å². The summed E-state index contributed by atoms with van der Waals surface area (Å²) >= 11 is 0. The van der Waals surface area contributed by atoms with Crippen molar-refractivity contribution in [3.05, 3.63) is 170 Å². The first-order valence-electron chi connectivity index (χ1n) is 17.3. The van der Waals surface area contributed by atoms with E-state index in [2.05, 4.69) is 131 Å². The Bertz CT molecular complexity index is 3000. The molecule has 0 amide bonds. The van der Waals surface area contributed by atoms with Crippen LogP contribution in [0.3, 0.4) is 0 Å². The van der Waals surface area contributed by atoms with Gasteiger partial charge in [-0.2, -0.15) is 0 Å². The number of ether oxygens (including phenoxy) is 1. The molecule has 0 aliphatic carbocycles. The van der Waals surface area contributed by atoms with Crippen molar-refractivity contribution in [1.82, 2.24) is 14.5 Å². The van der Waals surface area contributed by atoms with Crippen molar-refractivity contribution in [2.75, 3.05) is 4.90 Å². The first kappa shape index (κ1) is 28.6. The Labute approximate surface area is 298 Å². The van der Waals surface area contributed by atoms with Gasteiger partial charge in [-0.15, -0.1) is 0 Å². The van der Waals surface area contributed by atoms with Crippen LogP contribution in [0.5, 0.6) is 11.5 Å². The normalized spacial score (nSPS) is 12.3. The number of aromatic nitrogens is 3. The van der Waals surface area contributed by atoms with E-state index in [1.54, 1.807) is 0 Å². The molecule has 0 atom stereocenters. The zero-order valence-electron chi connectivity index (χ0n) is 27.8. The summed E-state index contributed by atoms with van der Waals surface area (Å²) < 4.78 is 15.1. The highest BCUT2D eigenvalue weighted by atomic mass is 16.5. The fraction of sp³-hybridized carbons (Fsp3) is 0. The highest BCUT2D eigenvalue weighted by Crippen LogP contribution is 2.51. The third kappa shape index (κ3) is 4.38. The van der Waals surface area contributed by atoms with Crippen molar-refractivity contribution >= 4 is 61.1 Å². The molecule has 244 valence electrons. The highest BCUT2D eigenvalue weighted by Gasteiger charge is 2.26. The minimum Gasteiger partial charge on any atom is -0.453 e. The molecule has 0 bridgehead atoms. The Kier molecular flexibility index (Phi) is 6.15. The number of hydrogen-bond donors (Lipinski definition) is 0. The molecule has 0 fully saturated rings. The second-order valence-corrected chi connectivity index (χ2v) is 13.0. The van der Waals surface area contributed by atoms with Gasteiger partial charge in [-0.05, 0) is 84.9 Å². The summed E-state index contributed by atoms with van der Waals surface area (Å²) in [6.07, 6.45) is 0. The van der Waals surface area contributed by atoms with Crippen LogP contribution in [0.15, 0.2) is 174 Å². The van der Waals surface area contributed by atoms with Gasteiger partial charge >= 0.3 is 0 Å². The Morgan fingerprint density at radius 3 is 1.79 bits per heavy atom. The number of nitrogens with zero attached hydrogens (tertiary/aromatic N) is 4. The van der Waals surface area contributed by atoms with E-state index in [0.717, 1.165) is 73.3 Å².